The first-order chi connectivity index (χ1) is 16.7. The molecule has 0 spiro atoms. The number of sulfonamides is 1. The van der Waals surface area contributed by atoms with Crippen molar-refractivity contribution in [1.29, 1.82) is 0 Å². The van der Waals surface area contributed by atoms with Crippen LogP contribution in [0.15, 0.2) is 64.6 Å². The monoisotopic (exact) mass is 526 g/mol. The molecule has 1 aliphatic rings. The number of benzene rings is 2. The predicted molar refractivity (Wildman–Crippen MR) is 132 cm³/mol. The number of thioether (sulfide) groups is 1. The Labute approximate surface area is 208 Å². The molecule has 3 rings (SSSR count). The first-order valence-electron chi connectivity index (χ1n) is 11.1. The quantitative estimate of drug-likeness (QED) is 0.254. The fraction of sp³-hybridized carbons (Fsp3) is 0.375. The summed E-state index contributed by atoms with van der Waals surface area (Å²) >= 11 is 1.30. The average molecular weight is 527 g/mol. The van der Waals surface area contributed by atoms with E-state index in [1.54, 1.807) is 12.3 Å². The van der Waals surface area contributed by atoms with Gasteiger partial charge in [-0.25, -0.2) is 22.0 Å². The van der Waals surface area contributed by atoms with Crippen molar-refractivity contribution in [2.45, 2.75) is 48.4 Å². The van der Waals surface area contributed by atoms with Gasteiger partial charge in [0.25, 0.3) is 6.43 Å². The van der Waals surface area contributed by atoms with Gasteiger partial charge in [0.15, 0.2) is 0 Å². The van der Waals surface area contributed by atoms with E-state index in [9.17, 15) is 22.0 Å². The highest BCUT2D eigenvalue weighted by atomic mass is 32.2. The van der Waals surface area contributed by atoms with Crippen molar-refractivity contribution in [2.75, 3.05) is 24.2 Å². The van der Waals surface area contributed by atoms with Crippen LogP contribution in [0.5, 0.6) is 5.75 Å². The molecule has 1 N–H and O–H groups in total. The zero-order valence-electron chi connectivity index (χ0n) is 19.4. The third-order valence-corrected chi connectivity index (χ3v) is 8.31. The molecule has 1 atom stereocenters. The van der Waals surface area contributed by atoms with Gasteiger partial charge < -0.3 is 14.7 Å². The zero-order valence-corrected chi connectivity index (χ0v) is 21.1. The molecule has 1 unspecified atom stereocenters. The van der Waals surface area contributed by atoms with Crippen molar-refractivity contribution in [3.63, 3.8) is 0 Å². The van der Waals surface area contributed by atoms with Gasteiger partial charge in [0.2, 0.25) is 10.0 Å². The molecule has 0 radical (unpaired) electrons. The minimum absolute atomic E-state index is 0.120. The van der Waals surface area contributed by atoms with Crippen molar-refractivity contribution < 1.29 is 31.8 Å². The molecule has 0 saturated heterocycles. The van der Waals surface area contributed by atoms with E-state index in [1.165, 1.54) is 17.8 Å². The molecule has 0 fully saturated rings. The number of para-hydroxylation sites is 1. The standard InChI is InChI=1S/C24H28F2N2O5S2/c1-3-4-8-18-15-27(17-9-6-5-7-10-17)19-13-21(34-2)20(33-12-11-24(29)30)14-22(19)35(31,32)28(18)16-23(25)26/h5-7,9-14,18,23H,3-4,8,15-16H2,1-2H3,(H,29,30)/b12-11+. The summed E-state index contributed by atoms with van der Waals surface area (Å²) in [5, 5.41) is 8.86. The summed E-state index contributed by atoms with van der Waals surface area (Å²) in [6, 6.07) is 11.5. The summed E-state index contributed by atoms with van der Waals surface area (Å²) < 4.78 is 61.3. The zero-order chi connectivity index (χ0) is 25.6. The normalized spacial score (nSPS) is 18.0. The van der Waals surface area contributed by atoms with Crippen molar-refractivity contribution in [3.8, 4) is 5.75 Å². The summed E-state index contributed by atoms with van der Waals surface area (Å²) in [4.78, 5) is 13.1. The summed E-state index contributed by atoms with van der Waals surface area (Å²) in [5.74, 6) is -1.11. The molecule has 2 aromatic carbocycles. The predicted octanol–water partition coefficient (Wildman–Crippen LogP) is 5.35. The Kier molecular flexibility index (Phi) is 9.15. The number of unbranched alkanes of at least 4 members (excludes halogenated alkanes) is 1. The van der Waals surface area contributed by atoms with Crippen LogP contribution in [0.4, 0.5) is 20.2 Å². The van der Waals surface area contributed by atoms with E-state index < -0.39 is 35.0 Å². The van der Waals surface area contributed by atoms with Crippen LogP contribution in [0.25, 0.3) is 0 Å². The molecule has 1 aliphatic heterocycles. The highest BCUT2D eigenvalue weighted by Gasteiger charge is 2.41. The van der Waals surface area contributed by atoms with Crippen molar-refractivity contribution in [1.82, 2.24) is 4.31 Å². The number of carboxylic acids is 1. The second kappa shape index (κ2) is 11.9. The summed E-state index contributed by atoms with van der Waals surface area (Å²) in [6.07, 6.45) is 2.57. The number of hydrogen-bond acceptors (Lipinski definition) is 6. The second-order valence-electron chi connectivity index (χ2n) is 7.94. The van der Waals surface area contributed by atoms with Gasteiger partial charge in [0.1, 0.15) is 10.6 Å². The maximum absolute atomic E-state index is 13.8. The topological polar surface area (TPSA) is 87.1 Å². The smallest absolute Gasteiger partial charge is 0.331 e. The number of nitrogens with zero attached hydrogens (tertiary/aromatic N) is 2. The number of fused-ring (bicyclic) bond motifs is 1. The van der Waals surface area contributed by atoms with Crippen LogP contribution in [0.3, 0.4) is 0 Å². The van der Waals surface area contributed by atoms with Gasteiger partial charge in [0, 0.05) is 24.3 Å². The lowest BCUT2D eigenvalue weighted by Gasteiger charge is -2.31. The van der Waals surface area contributed by atoms with Crippen LogP contribution in [0.1, 0.15) is 26.2 Å². The number of carboxylic acid groups (broad SMARTS) is 1. The molecule has 0 amide bonds. The number of rotatable bonds is 10. The van der Waals surface area contributed by atoms with Gasteiger partial charge in [-0.2, -0.15) is 4.31 Å². The number of anilines is 2. The summed E-state index contributed by atoms with van der Waals surface area (Å²) in [6.45, 7) is 1.25. The van der Waals surface area contributed by atoms with Gasteiger partial charge in [0.05, 0.1) is 29.5 Å². The molecule has 0 aliphatic carbocycles. The third kappa shape index (κ3) is 6.33. The Balaban J connectivity index is 2.25. The largest absolute Gasteiger partial charge is 0.478 e. The van der Waals surface area contributed by atoms with Gasteiger partial charge in [-0.3, -0.25) is 0 Å². The molecule has 7 nitrogen and oxygen atoms in total. The lowest BCUT2D eigenvalue weighted by atomic mass is 10.1. The molecule has 0 saturated carbocycles. The Morgan fingerprint density at radius 1 is 1.29 bits per heavy atom. The highest BCUT2D eigenvalue weighted by molar-refractivity contribution is 7.98. The Morgan fingerprint density at radius 2 is 2.00 bits per heavy atom. The third-order valence-electron chi connectivity index (χ3n) is 5.61. The Morgan fingerprint density at radius 3 is 2.60 bits per heavy atom. The molecular weight excluding hydrogens is 498 g/mol. The average Bonchev–Trinajstić information content (AvgIpc) is 2.90. The van der Waals surface area contributed by atoms with Crippen molar-refractivity contribution in [2.24, 2.45) is 0 Å². The molecule has 190 valence electrons. The minimum atomic E-state index is -4.34. The van der Waals surface area contributed by atoms with Crippen LogP contribution in [0, 0.1) is 0 Å². The van der Waals surface area contributed by atoms with E-state index in [0.717, 1.165) is 28.8 Å². The summed E-state index contributed by atoms with van der Waals surface area (Å²) in [5.41, 5.74) is 1.09. The fourth-order valence-corrected chi connectivity index (χ4v) is 6.35. The Bertz CT molecular complexity index is 1160. The van der Waals surface area contributed by atoms with Crippen LogP contribution in [-0.2, 0) is 14.8 Å². The second-order valence-corrected chi connectivity index (χ2v) is 10.6. The summed E-state index contributed by atoms with van der Waals surface area (Å²) in [7, 11) is -4.34. The molecule has 0 bridgehead atoms. The van der Waals surface area contributed by atoms with Crippen LogP contribution in [0.2, 0.25) is 0 Å². The number of aliphatic carboxylic acids is 1. The molecule has 2 aromatic rings. The molecular formula is C24H28F2N2O5S2. The van der Waals surface area contributed by atoms with Gasteiger partial charge >= 0.3 is 5.97 Å². The van der Waals surface area contributed by atoms with Crippen LogP contribution >= 0.6 is 11.8 Å². The van der Waals surface area contributed by atoms with E-state index in [4.69, 9.17) is 9.84 Å². The van der Waals surface area contributed by atoms with E-state index in [-0.39, 0.29) is 17.2 Å². The maximum Gasteiger partial charge on any atom is 0.331 e. The fourth-order valence-electron chi connectivity index (χ4n) is 4.00. The number of carbonyl (C=O) groups is 1. The maximum atomic E-state index is 13.8. The number of ether oxygens (including phenoxy) is 1. The molecule has 1 heterocycles. The molecule has 35 heavy (non-hydrogen) atoms. The van der Waals surface area contributed by atoms with Crippen molar-refractivity contribution in [3.05, 3.63) is 54.8 Å². The van der Waals surface area contributed by atoms with Gasteiger partial charge in [-0.15, -0.1) is 11.8 Å². The number of hydrogen-bond donors (Lipinski definition) is 1. The number of alkyl halides is 2. The van der Waals surface area contributed by atoms with Crippen molar-refractivity contribution >= 4 is 39.1 Å². The van der Waals surface area contributed by atoms with Gasteiger partial charge in [-0.1, -0.05) is 38.0 Å². The number of halogens is 2. The Hall–Kier alpha value is -2.63. The molecule has 0 aromatic heterocycles. The minimum Gasteiger partial charge on any atom is -0.478 e. The van der Waals surface area contributed by atoms with E-state index >= 15 is 0 Å². The highest BCUT2D eigenvalue weighted by Crippen LogP contribution is 2.44. The van der Waals surface area contributed by atoms with E-state index in [1.807, 2.05) is 42.2 Å². The lowest BCUT2D eigenvalue weighted by molar-refractivity contribution is -0.131. The molecule has 11 heteroatoms. The van der Waals surface area contributed by atoms with Crippen LogP contribution < -0.4 is 9.64 Å². The lowest BCUT2D eigenvalue weighted by Crippen LogP contribution is -2.45. The SMILES string of the molecule is CCCCC1CN(c2ccccc2)c2cc(SC)c(O/C=C/C(=O)O)cc2S(=O)(=O)N1CC(F)F. The first-order valence-corrected chi connectivity index (χ1v) is 13.8. The first kappa shape index (κ1) is 27.0. The van der Waals surface area contributed by atoms with Crippen LogP contribution in [-0.4, -0.2) is 55.6 Å². The van der Waals surface area contributed by atoms with E-state index in [0.29, 0.717) is 23.4 Å². The van der Waals surface area contributed by atoms with Gasteiger partial charge in [-0.05, 0) is 30.9 Å². The van der Waals surface area contributed by atoms with E-state index in [2.05, 4.69) is 0 Å².